The van der Waals surface area contributed by atoms with Gasteiger partial charge >= 0.3 is 6.09 Å². The molecule has 6 heteroatoms. The predicted molar refractivity (Wildman–Crippen MR) is 71.2 cm³/mol. The zero-order valence-corrected chi connectivity index (χ0v) is 11.2. The van der Waals surface area contributed by atoms with Crippen molar-refractivity contribution in [1.29, 1.82) is 0 Å². The third kappa shape index (κ3) is 2.80. The molecule has 1 aromatic carbocycles. The lowest BCUT2D eigenvalue weighted by Gasteiger charge is -2.04. The first-order chi connectivity index (χ1) is 8.72. The monoisotopic (exact) mass is 282 g/mol. The molecule has 0 atom stereocenters. The van der Waals surface area contributed by atoms with Crippen molar-refractivity contribution < 1.29 is 9.53 Å². The van der Waals surface area contributed by atoms with Crippen molar-refractivity contribution in [3.63, 3.8) is 0 Å². The van der Waals surface area contributed by atoms with Gasteiger partial charge in [0.15, 0.2) is 0 Å². The number of thiazole rings is 1. The molecule has 0 radical (unpaired) electrons. The molecular formula is C12H11ClN2O2S. The highest BCUT2D eigenvalue weighted by Crippen LogP contribution is 2.18. The largest absolute Gasteiger partial charge is 0.448 e. The Labute approximate surface area is 113 Å². The van der Waals surface area contributed by atoms with Gasteiger partial charge in [-0.1, -0.05) is 23.7 Å². The number of carbonyl (C=O) groups is 1. The molecule has 1 heterocycles. The molecule has 18 heavy (non-hydrogen) atoms. The number of carbonyl (C=O) groups excluding carboxylic acids is 1. The van der Waals surface area contributed by atoms with Crippen molar-refractivity contribution >= 4 is 29.0 Å². The Morgan fingerprint density at radius 3 is 3.00 bits per heavy atom. The first-order valence-corrected chi connectivity index (χ1v) is 6.60. The molecule has 0 saturated carbocycles. The van der Waals surface area contributed by atoms with Crippen molar-refractivity contribution in [3.8, 4) is 5.69 Å². The third-order valence-electron chi connectivity index (χ3n) is 2.16. The molecule has 2 aromatic rings. The van der Waals surface area contributed by atoms with E-state index in [2.05, 4.69) is 4.99 Å². The van der Waals surface area contributed by atoms with Crippen LogP contribution < -0.4 is 4.80 Å². The third-order valence-corrected chi connectivity index (χ3v) is 3.23. The maximum atomic E-state index is 11.4. The zero-order chi connectivity index (χ0) is 13.0. The summed E-state index contributed by atoms with van der Waals surface area (Å²) in [5.41, 5.74) is 0.781. The zero-order valence-electron chi connectivity index (χ0n) is 9.67. The summed E-state index contributed by atoms with van der Waals surface area (Å²) in [5.74, 6) is 0. The average molecular weight is 283 g/mol. The van der Waals surface area contributed by atoms with Gasteiger partial charge in [0.05, 0.1) is 17.3 Å². The lowest BCUT2D eigenvalue weighted by molar-refractivity contribution is 0.162. The second-order valence-corrected chi connectivity index (χ2v) is 4.60. The fourth-order valence-electron chi connectivity index (χ4n) is 1.42. The van der Waals surface area contributed by atoms with Gasteiger partial charge in [-0.25, -0.2) is 4.79 Å². The van der Waals surface area contributed by atoms with Gasteiger partial charge in [-0.05, 0) is 19.1 Å². The van der Waals surface area contributed by atoms with Gasteiger partial charge in [0, 0.05) is 11.6 Å². The highest BCUT2D eigenvalue weighted by Gasteiger charge is 2.05. The quantitative estimate of drug-likeness (QED) is 0.849. The van der Waals surface area contributed by atoms with Crippen LogP contribution in [0.25, 0.3) is 5.69 Å². The van der Waals surface area contributed by atoms with Gasteiger partial charge in [-0.15, -0.1) is 16.3 Å². The number of benzene rings is 1. The molecule has 4 nitrogen and oxygen atoms in total. The average Bonchev–Trinajstić information content (AvgIpc) is 2.78. The summed E-state index contributed by atoms with van der Waals surface area (Å²) in [7, 11) is 0. The Hall–Kier alpha value is -1.59. The van der Waals surface area contributed by atoms with Crippen LogP contribution in [0.3, 0.4) is 0 Å². The lowest BCUT2D eigenvalue weighted by Crippen LogP contribution is -2.15. The fourth-order valence-corrected chi connectivity index (χ4v) is 2.35. The van der Waals surface area contributed by atoms with E-state index in [0.29, 0.717) is 16.4 Å². The summed E-state index contributed by atoms with van der Waals surface area (Å²) < 4.78 is 6.54. The van der Waals surface area contributed by atoms with Gasteiger partial charge in [0.2, 0.25) is 4.80 Å². The van der Waals surface area contributed by atoms with E-state index >= 15 is 0 Å². The molecule has 0 aliphatic carbocycles. The summed E-state index contributed by atoms with van der Waals surface area (Å²) in [6.07, 6.45) is 1.21. The van der Waals surface area contributed by atoms with Crippen LogP contribution in [0.4, 0.5) is 4.79 Å². The summed E-state index contributed by atoms with van der Waals surface area (Å²) >= 11 is 7.46. The van der Waals surface area contributed by atoms with Gasteiger partial charge in [-0.2, -0.15) is 0 Å². The molecular weight excluding hydrogens is 272 g/mol. The molecule has 1 amide bonds. The van der Waals surface area contributed by atoms with E-state index in [1.54, 1.807) is 17.6 Å². The molecule has 0 bridgehead atoms. The number of para-hydroxylation sites is 1. The van der Waals surface area contributed by atoms with Crippen LogP contribution in [-0.4, -0.2) is 17.3 Å². The molecule has 0 aliphatic heterocycles. The predicted octanol–water partition coefficient (Wildman–Crippen LogP) is 3.25. The lowest BCUT2D eigenvalue weighted by atomic mass is 10.3. The van der Waals surface area contributed by atoms with Gasteiger partial charge in [0.1, 0.15) is 0 Å². The molecule has 0 N–H and O–H groups in total. The molecule has 0 fully saturated rings. The van der Waals surface area contributed by atoms with Crippen LogP contribution in [0.2, 0.25) is 5.02 Å². The number of ether oxygens (including phenoxy) is 1. The number of hydrogen-bond donors (Lipinski definition) is 0. The summed E-state index contributed by atoms with van der Waals surface area (Å²) in [4.78, 5) is 15.8. The minimum absolute atomic E-state index is 0.305. The molecule has 2 rings (SSSR count). The number of nitrogens with zero attached hydrogens (tertiary/aromatic N) is 2. The van der Waals surface area contributed by atoms with Crippen molar-refractivity contribution in [1.82, 2.24) is 4.57 Å². The maximum Gasteiger partial charge on any atom is 0.436 e. The first-order valence-electron chi connectivity index (χ1n) is 5.35. The smallest absolute Gasteiger partial charge is 0.436 e. The fraction of sp³-hybridized carbons (Fsp3) is 0.167. The summed E-state index contributed by atoms with van der Waals surface area (Å²) in [5, 5.41) is 2.43. The van der Waals surface area contributed by atoms with Crippen LogP contribution in [0, 0.1) is 0 Å². The maximum absolute atomic E-state index is 11.4. The highest BCUT2D eigenvalue weighted by atomic mass is 35.5. The Kier molecular flexibility index (Phi) is 4.17. The van der Waals surface area contributed by atoms with E-state index in [-0.39, 0.29) is 0 Å². The number of aromatic nitrogens is 1. The minimum atomic E-state index is -0.597. The van der Waals surface area contributed by atoms with Crippen LogP contribution >= 0.6 is 22.9 Å². The number of rotatable bonds is 2. The summed E-state index contributed by atoms with van der Waals surface area (Å²) in [6.45, 7) is 2.05. The van der Waals surface area contributed by atoms with Gasteiger partial charge in [-0.3, -0.25) is 4.57 Å². The molecule has 0 spiro atoms. The Bertz CT molecular complexity index is 618. The van der Waals surface area contributed by atoms with Crippen molar-refractivity contribution in [3.05, 3.63) is 45.7 Å². The summed E-state index contributed by atoms with van der Waals surface area (Å²) in [6, 6.07) is 7.37. The van der Waals surface area contributed by atoms with Crippen molar-refractivity contribution in [2.24, 2.45) is 4.99 Å². The van der Waals surface area contributed by atoms with E-state index in [9.17, 15) is 4.79 Å². The number of hydrogen-bond acceptors (Lipinski definition) is 3. The second kappa shape index (κ2) is 5.84. The normalized spacial score (nSPS) is 11.6. The van der Waals surface area contributed by atoms with Gasteiger partial charge < -0.3 is 4.74 Å². The molecule has 0 aliphatic rings. The van der Waals surface area contributed by atoms with Crippen molar-refractivity contribution in [2.45, 2.75) is 6.92 Å². The topological polar surface area (TPSA) is 43.6 Å². The van der Waals surface area contributed by atoms with E-state index in [1.165, 1.54) is 11.3 Å². The molecule has 94 valence electrons. The van der Waals surface area contributed by atoms with Crippen LogP contribution in [0.15, 0.2) is 40.8 Å². The van der Waals surface area contributed by atoms with Crippen LogP contribution in [0.1, 0.15) is 6.92 Å². The minimum Gasteiger partial charge on any atom is -0.448 e. The number of amides is 1. The van der Waals surface area contributed by atoms with E-state index in [4.69, 9.17) is 16.3 Å². The molecule has 0 saturated heterocycles. The standard InChI is InChI=1S/C12H11ClN2O2S/c1-2-17-12(16)14-11-15(7-8-18-11)10-6-4-3-5-9(10)13/h3-8H,2H2,1H3. The Morgan fingerprint density at radius 2 is 2.28 bits per heavy atom. The molecule has 1 aromatic heterocycles. The Balaban J connectivity index is 2.46. The first kappa shape index (κ1) is 12.9. The Morgan fingerprint density at radius 1 is 1.50 bits per heavy atom. The van der Waals surface area contributed by atoms with Crippen LogP contribution in [-0.2, 0) is 4.74 Å². The van der Waals surface area contributed by atoms with Crippen LogP contribution in [0.5, 0.6) is 0 Å². The van der Waals surface area contributed by atoms with E-state index < -0.39 is 6.09 Å². The highest BCUT2D eigenvalue weighted by molar-refractivity contribution is 7.07. The van der Waals surface area contributed by atoms with E-state index in [1.807, 2.05) is 29.8 Å². The molecule has 0 unspecified atom stereocenters. The SMILES string of the molecule is CCOC(=O)N=c1sccn1-c1ccccc1Cl. The number of halogens is 1. The van der Waals surface area contributed by atoms with E-state index in [0.717, 1.165) is 5.69 Å². The van der Waals surface area contributed by atoms with Crippen molar-refractivity contribution in [2.75, 3.05) is 6.61 Å². The van der Waals surface area contributed by atoms with Gasteiger partial charge in [0.25, 0.3) is 0 Å². The second-order valence-electron chi connectivity index (χ2n) is 3.32.